The molecule has 33 heavy (non-hydrogen) atoms. The van der Waals surface area contributed by atoms with Crippen molar-refractivity contribution in [2.24, 2.45) is 0 Å². The minimum absolute atomic E-state index is 0.0434. The zero-order chi connectivity index (χ0) is 23.1. The summed E-state index contributed by atoms with van der Waals surface area (Å²) in [5.41, 5.74) is 1.66. The van der Waals surface area contributed by atoms with Crippen LogP contribution in [0.3, 0.4) is 0 Å². The van der Waals surface area contributed by atoms with Gasteiger partial charge in [-0.05, 0) is 11.6 Å². The summed E-state index contributed by atoms with van der Waals surface area (Å²) in [6.07, 6.45) is 1.45. The van der Waals surface area contributed by atoms with Crippen molar-refractivity contribution in [2.75, 3.05) is 17.9 Å². The van der Waals surface area contributed by atoms with Crippen molar-refractivity contribution in [1.29, 1.82) is 0 Å². The topological polar surface area (TPSA) is 84.4 Å². The van der Waals surface area contributed by atoms with Crippen LogP contribution < -0.4 is 9.46 Å². The maximum Gasteiger partial charge on any atom is 0.263 e. The van der Waals surface area contributed by atoms with Crippen LogP contribution in [0.25, 0.3) is 0 Å². The maximum absolute atomic E-state index is 14.4. The van der Waals surface area contributed by atoms with E-state index in [1.807, 2.05) is 30.3 Å². The molecule has 1 fully saturated rings. The highest BCUT2D eigenvalue weighted by Gasteiger charge is 2.44. The summed E-state index contributed by atoms with van der Waals surface area (Å²) in [6, 6.07) is 13.5. The highest BCUT2D eigenvalue weighted by molar-refractivity contribution is 7.93. The number of alkyl halides is 2. The van der Waals surface area contributed by atoms with E-state index in [1.165, 1.54) is 18.5 Å². The number of hydrogen-bond acceptors (Lipinski definition) is 7. The lowest BCUT2D eigenvalue weighted by molar-refractivity contribution is -0.0931. The Hall–Kier alpha value is -2.63. The Morgan fingerprint density at radius 3 is 2.73 bits per heavy atom. The Labute approximate surface area is 194 Å². The second kappa shape index (κ2) is 8.62. The van der Waals surface area contributed by atoms with Crippen LogP contribution in [0.15, 0.2) is 59.8 Å². The van der Waals surface area contributed by atoms with Crippen molar-refractivity contribution in [3.63, 3.8) is 0 Å². The molecule has 0 aliphatic carbocycles. The van der Waals surface area contributed by atoms with E-state index in [4.69, 9.17) is 4.74 Å². The average Bonchev–Trinajstić information content (AvgIpc) is 3.31. The molecule has 1 N–H and O–H groups in total. The van der Waals surface area contributed by atoms with Crippen LogP contribution in [0.5, 0.6) is 5.75 Å². The number of fused-ring (bicyclic) bond motifs is 1. The smallest absolute Gasteiger partial charge is 0.263 e. The third-order valence-electron chi connectivity index (χ3n) is 6.10. The van der Waals surface area contributed by atoms with E-state index in [0.29, 0.717) is 18.8 Å². The van der Waals surface area contributed by atoms with E-state index in [1.54, 1.807) is 6.07 Å². The molecule has 0 radical (unpaired) electrons. The van der Waals surface area contributed by atoms with Gasteiger partial charge in [-0.2, -0.15) is 4.37 Å². The van der Waals surface area contributed by atoms with E-state index in [0.717, 1.165) is 22.7 Å². The molecule has 7 nitrogen and oxygen atoms in total. The number of rotatable bonds is 5. The molecule has 11 heteroatoms. The van der Waals surface area contributed by atoms with Crippen LogP contribution >= 0.6 is 11.5 Å². The number of anilines is 1. The van der Waals surface area contributed by atoms with Crippen LogP contribution in [0.2, 0.25) is 0 Å². The molecule has 2 aliphatic heterocycles. The fourth-order valence-corrected chi connectivity index (χ4v) is 6.24. The molecule has 0 spiro atoms. The molecular formula is C22H22F2N4O3S2. The molecule has 1 unspecified atom stereocenters. The molecule has 0 amide bonds. The van der Waals surface area contributed by atoms with E-state index < -0.39 is 22.0 Å². The first-order valence-corrected chi connectivity index (χ1v) is 12.8. The van der Waals surface area contributed by atoms with Crippen molar-refractivity contribution in [2.45, 2.75) is 42.2 Å². The number of ether oxygens (including phenoxy) is 1. The number of likely N-dealkylation sites (tertiary alicyclic amines) is 1. The molecule has 1 aromatic heterocycles. The van der Waals surface area contributed by atoms with Gasteiger partial charge in [-0.25, -0.2) is 22.2 Å². The Morgan fingerprint density at radius 2 is 1.97 bits per heavy atom. The zero-order valence-corrected chi connectivity index (χ0v) is 19.2. The fourth-order valence-electron chi connectivity index (χ4n) is 4.56. The molecular weight excluding hydrogens is 470 g/mol. The van der Waals surface area contributed by atoms with Gasteiger partial charge in [-0.15, -0.1) is 0 Å². The molecule has 0 saturated carbocycles. The standard InChI is InChI=1S/C22H22F2N4O3S2/c23-22(24)9-10-28(19(13-22)15-4-2-1-3-5-15)18-8-11-31-20-12-16(6-7-17(18)20)33(29,30)27-21-25-14-26-32-21/h1-7,12,14,18-19H,8-11,13H2,(H,25,26,27)/t18?,19-/m1/s1. The summed E-state index contributed by atoms with van der Waals surface area (Å²) in [5.74, 6) is -2.27. The highest BCUT2D eigenvalue weighted by atomic mass is 32.2. The highest BCUT2D eigenvalue weighted by Crippen LogP contribution is 2.47. The normalized spacial score (nSPS) is 22.8. The van der Waals surface area contributed by atoms with Crippen LogP contribution in [0.4, 0.5) is 13.9 Å². The van der Waals surface area contributed by atoms with E-state index in [-0.39, 0.29) is 35.5 Å². The molecule has 5 rings (SSSR count). The zero-order valence-electron chi connectivity index (χ0n) is 17.5. The third kappa shape index (κ3) is 4.57. The number of hydrogen-bond donors (Lipinski definition) is 1. The SMILES string of the molecule is O=S(=O)(Nc1ncns1)c1ccc2c(c1)OCCC2N1CCC(F)(F)C[C@@H]1c1ccccc1. The maximum atomic E-state index is 14.4. The minimum atomic E-state index is -3.86. The summed E-state index contributed by atoms with van der Waals surface area (Å²) >= 11 is 0.940. The fraction of sp³-hybridized carbons (Fsp3) is 0.364. The number of sulfonamides is 1. The predicted octanol–water partition coefficient (Wildman–Crippen LogP) is 4.63. The molecule has 2 aromatic carbocycles. The van der Waals surface area contributed by atoms with Crippen LogP contribution in [-0.4, -0.2) is 41.7 Å². The number of halogens is 2. The Bertz CT molecular complexity index is 1220. The van der Waals surface area contributed by atoms with Gasteiger partial charge in [0, 0.05) is 61.1 Å². The first kappa shape index (κ1) is 22.2. The van der Waals surface area contributed by atoms with Crippen molar-refractivity contribution < 1.29 is 21.9 Å². The van der Waals surface area contributed by atoms with Crippen LogP contribution in [0, 0.1) is 0 Å². The average molecular weight is 493 g/mol. The Kier molecular flexibility index (Phi) is 5.79. The van der Waals surface area contributed by atoms with Gasteiger partial charge >= 0.3 is 0 Å². The van der Waals surface area contributed by atoms with Crippen LogP contribution in [0.1, 0.15) is 42.5 Å². The first-order chi connectivity index (χ1) is 15.8. The van der Waals surface area contributed by atoms with Gasteiger partial charge in [-0.1, -0.05) is 36.4 Å². The number of benzene rings is 2. The van der Waals surface area contributed by atoms with E-state index in [9.17, 15) is 17.2 Å². The molecule has 2 atom stereocenters. The van der Waals surface area contributed by atoms with Crippen molar-refractivity contribution in [1.82, 2.24) is 14.3 Å². The minimum Gasteiger partial charge on any atom is -0.493 e. The monoisotopic (exact) mass is 492 g/mol. The summed E-state index contributed by atoms with van der Waals surface area (Å²) in [4.78, 5) is 6.01. The first-order valence-electron chi connectivity index (χ1n) is 10.6. The number of nitrogens with one attached hydrogen (secondary N) is 1. The molecule has 1 saturated heterocycles. The molecule has 2 aliphatic rings. The van der Waals surface area contributed by atoms with Gasteiger partial charge in [0.05, 0.1) is 11.5 Å². The summed E-state index contributed by atoms with van der Waals surface area (Å²) in [5, 5.41) is 0.173. The van der Waals surface area contributed by atoms with Gasteiger partial charge in [0.2, 0.25) is 5.13 Å². The van der Waals surface area contributed by atoms with Crippen LogP contribution in [-0.2, 0) is 10.0 Å². The molecule has 174 valence electrons. The summed E-state index contributed by atoms with van der Waals surface area (Å²) < 4.78 is 66.3. The summed E-state index contributed by atoms with van der Waals surface area (Å²) in [6.45, 7) is 0.620. The lowest BCUT2D eigenvalue weighted by Gasteiger charge is -2.45. The van der Waals surface area contributed by atoms with E-state index in [2.05, 4.69) is 19.0 Å². The predicted molar refractivity (Wildman–Crippen MR) is 120 cm³/mol. The van der Waals surface area contributed by atoms with Gasteiger partial charge in [0.15, 0.2) is 0 Å². The van der Waals surface area contributed by atoms with Crippen molar-refractivity contribution in [3.8, 4) is 5.75 Å². The van der Waals surface area contributed by atoms with Crippen molar-refractivity contribution >= 4 is 26.7 Å². The number of piperidine rings is 1. The van der Waals surface area contributed by atoms with E-state index >= 15 is 0 Å². The van der Waals surface area contributed by atoms with Crippen molar-refractivity contribution in [3.05, 3.63) is 66.0 Å². The second-order valence-electron chi connectivity index (χ2n) is 8.18. The molecule has 3 aromatic rings. The lowest BCUT2D eigenvalue weighted by atomic mass is 9.88. The van der Waals surface area contributed by atoms with Gasteiger partial charge in [0.1, 0.15) is 12.1 Å². The summed E-state index contributed by atoms with van der Waals surface area (Å²) in [7, 11) is -3.86. The third-order valence-corrected chi connectivity index (χ3v) is 8.14. The second-order valence-corrected chi connectivity index (χ2v) is 10.6. The van der Waals surface area contributed by atoms with Gasteiger partial charge < -0.3 is 4.74 Å². The number of nitrogens with zero attached hydrogens (tertiary/aromatic N) is 3. The largest absolute Gasteiger partial charge is 0.493 e. The lowest BCUT2D eigenvalue weighted by Crippen LogP contribution is -2.44. The van der Waals surface area contributed by atoms with Gasteiger partial charge in [0.25, 0.3) is 15.9 Å². The van der Waals surface area contributed by atoms with Gasteiger partial charge in [-0.3, -0.25) is 9.62 Å². The molecule has 0 bridgehead atoms. The molecule has 3 heterocycles. The number of aromatic nitrogens is 2. The quantitative estimate of drug-likeness (QED) is 0.559. The Balaban J connectivity index is 1.46. The Morgan fingerprint density at radius 1 is 1.15 bits per heavy atom.